The second-order valence-electron chi connectivity index (χ2n) is 4.66. The topological polar surface area (TPSA) is 43.2 Å². The zero-order chi connectivity index (χ0) is 12.3. The van der Waals surface area contributed by atoms with Crippen molar-refractivity contribution in [2.45, 2.75) is 19.0 Å². The Labute approximate surface area is 102 Å². The highest BCUT2D eigenvalue weighted by atomic mass is 15.3. The zero-order valence-corrected chi connectivity index (χ0v) is 10.4. The third-order valence-corrected chi connectivity index (χ3v) is 3.36. The number of piperazine rings is 1. The smallest absolute Gasteiger partial charge is 0.124 e. The first-order chi connectivity index (χ1) is 8.22. The number of nitrogens with zero attached hydrogens (tertiary/aromatic N) is 4. The van der Waals surface area contributed by atoms with Crippen molar-refractivity contribution in [3.05, 3.63) is 30.1 Å². The van der Waals surface area contributed by atoms with Gasteiger partial charge < -0.3 is 4.90 Å². The summed E-state index contributed by atoms with van der Waals surface area (Å²) in [5, 5.41) is 9.39. The Hall–Kier alpha value is -1.44. The molecular weight excluding hydrogens is 212 g/mol. The maximum atomic E-state index is 9.39. The van der Waals surface area contributed by atoms with Gasteiger partial charge in [0, 0.05) is 38.1 Å². The van der Waals surface area contributed by atoms with Gasteiger partial charge >= 0.3 is 0 Å². The number of aromatic nitrogens is 1. The monoisotopic (exact) mass is 230 g/mol. The van der Waals surface area contributed by atoms with Crippen molar-refractivity contribution in [1.82, 2.24) is 14.8 Å². The highest BCUT2D eigenvalue weighted by Crippen LogP contribution is 2.23. The van der Waals surface area contributed by atoms with E-state index in [0.29, 0.717) is 6.04 Å². The molecule has 0 aliphatic carbocycles. The van der Waals surface area contributed by atoms with Crippen LogP contribution in [-0.4, -0.2) is 47.5 Å². The molecule has 0 spiro atoms. The molecule has 1 aliphatic rings. The molecule has 1 fully saturated rings. The van der Waals surface area contributed by atoms with Gasteiger partial charge in [0.1, 0.15) is 6.04 Å². The Morgan fingerprint density at radius 3 is 2.71 bits per heavy atom. The van der Waals surface area contributed by atoms with Gasteiger partial charge in [0.15, 0.2) is 0 Å². The Kier molecular flexibility index (Phi) is 3.72. The third kappa shape index (κ3) is 2.63. The van der Waals surface area contributed by atoms with Gasteiger partial charge in [-0.15, -0.1) is 0 Å². The molecular formula is C13H18N4. The van der Waals surface area contributed by atoms with Crippen molar-refractivity contribution in [2.75, 3.05) is 26.7 Å². The van der Waals surface area contributed by atoms with E-state index in [4.69, 9.17) is 0 Å². The van der Waals surface area contributed by atoms with Gasteiger partial charge in [-0.1, -0.05) is 0 Å². The van der Waals surface area contributed by atoms with Gasteiger partial charge in [0.25, 0.3) is 0 Å². The van der Waals surface area contributed by atoms with Crippen molar-refractivity contribution < 1.29 is 0 Å². The first kappa shape index (κ1) is 12.0. The first-order valence-corrected chi connectivity index (χ1v) is 5.96. The van der Waals surface area contributed by atoms with Crippen LogP contribution < -0.4 is 0 Å². The van der Waals surface area contributed by atoms with Crippen LogP contribution in [0, 0.1) is 11.3 Å². The highest BCUT2D eigenvalue weighted by Gasteiger charge is 2.28. The lowest BCUT2D eigenvalue weighted by atomic mass is 10.0. The average Bonchev–Trinajstić information content (AvgIpc) is 2.34. The number of hydrogen-bond donors (Lipinski definition) is 0. The molecule has 0 radical (unpaired) electrons. The van der Waals surface area contributed by atoms with E-state index in [-0.39, 0.29) is 6.04 Å². The van der Waals surface area contributed by atoms with E-state index < -0.39 is 0 Å². The Balaban J connectivity index is 2.17. The minimum absolute atomic E-state index is 0.151. The standard InChI is InChI=1S/C13H18N4/c1-11-10-16(2)7-8-17(11)13(9-14)12-3-5-15-6-4-12/h3-6,11,13H,7-8,10H2,1-2H3. The minimum atomic E-state index is -0.151. The second kappa shape index (κ2) is 5.26. The molecule has 2 unspecified atom stereocenters. The summed E-state index contributed by atoms with van der Waals surface area (Å²) >= 11 is 0. The van der Waals surface area contributed by atoms with Gasteiger partial charge in [-0.05, 0) is 31.7 Å². The fraction of sp³-hybridized carbons (Fsp3) is 0.538. The van der Waals surface area contributed by atoms with Gasteiger partial charge in [-0.3, -0.25) is 9.88 Å². The molecule has 0 aromatic carbocycles. The predicted molar refractivity (Wildman–Crippen MR) is 66.3 cm³/mol. The van der Waals surface area contributed by atoms with Crippen LogP contribution in [0.15, 0.2) is 24.5 Å². The zero-order valence-electron chi connectivity index (χ0n) is 10.4. The quantitative estimate of drug-likeness (QED) is 0.767. The summed E-state index contributed by atoms with van der Waals surface area (Å²) in [6.07, 6.45) is 3.50. The Morgan fingerprint density at radius 1 is 1.41 bits per heavy atom. The molecule has 4 heteroatoms. The van der Waals surface area contributed by atoms with Crippen molar-refractivity contribution >= 4 is 0 Å². The summed E-state index contributed by atoms with van der Waals surface area (Å²) in [5.41, 5.74) is 1.04. The van der Waals surface area contributed by atoms with Crippen LogP contribution in [0.4, 0.5) is 0 Å². The maximum Gasteiger partial charge on any atom is 0.124 e. The summed E-state index contributed by atoms with van der Waals surface area (Å²) in [5.74, 6) is 0. The number of rotatable bonds is 2. The molecule has 0 N–H and O–H groups in total. The number of likely N-dealkylation sites (N-methyl/N-ethyl adjacent to an activating group) is 1. The minimum Gasteiger partial charge on any atom is -0.304 e. The molecule has 1 aromatic heterocycles. The van der Waals surface area contributed by atoms with E-state index in [1.165, 1.54) is 0 Å². The van der Waals surface area contributed by atoms with Gasteiger partial charge in [-0.25, -0.2) is 0 Å². The van der Waals surface area contributed by atoms with Crippen LogP contribution in [-0.2, 0) is 0 Å². The van der Waals surface area contributed by atoms with Crippen molar-refractivity contribution in [1.29, 1.82) is 5.26 Å². The molecule has 0 saturated carbocycles. The van der Waals surface area contributed by atoms with E-state index in [1.807, 2.05) is 12.1 Å². The van der Waals surface area contributed by atoms with Crippen LogP contribution in [0.25, 0.3) is 0 Å². The SMILES string of the molecule is CC1CN(C)CCN1C(C#N)c1ccncc1. The highest BCUT2D eigenvalue weighted by molar-refractivity contribution is 5.22. The second-order valence-corrected chi connectivity index (χ2v) is 4.66. The summed E-state index contributed by atoms with van der Waals surface area (Å²) in [7, 11) is 2.13. The average molecular weight is 230 g/mol. The lowest BCUT2D eigenvalue weighted by Gasteiger charge is -2.40. The van der Waals surface area contributed by atoms with Crippen molar-refractivity contribution in [2.24, 2.45) is 0 Å². The third-order valence-electron chi connectivity index (χ3n) is 3.36. The van der Waals surface area contributed by atoms with Crippen molar-refractivity contribution in [3.63, 3.8) is 0 Å². The summed E-state index contributed by atoms with van der Waals surface area (Å²) in [6, 6.07) is 6.53. The molecule has 2 heterocycles. The van der Waals surface area contributed by atoms with E-state index >= 15 is 0 Å². The van der Waals surface area contributed by atoms with E-state index in [0.717, 1.165) is 25.2 Å². The molecule has 1 aromatic rings. The van der Waals surface area contributed by atoms with Crippen LogP contribution in [0.1, 0.15) is 18.5 Å². The molecule has 1 aliphatic heterocycles. The predicted octanol–water partition coefficient (Wildman–Crippen LogP) is 1.28. The Morgan fingerprint density at radius 2 is 2.12 bits per heavy atom. The molecule has 17 heavy (non-hydrogen) atoms. The van der Waals surface area contributed by atoms with Crippen LogP contribution in [0.5, 0.6) is 0 Å². The molecule has 1 saturated heterocycles. The van der Waals surface area contributed by atoms with Gasteiger partial charge in [-0.2, -0.15) is 5.26 Å². The van der Waals surface area contributed by atoms with Crippen LogP contribution in [0.2, 0.25) is 0 Å². The van der Waals surface area contributed by atoms with E-state index in [9.17, 15) is 5.26 Å². The molecule has 4 nitrogen and oxygen atoms in total. The maximum absolute atomic E-state index is 9.39. The van der Waals surface area contributed by atoms with Gasteiger partial charge in [0.05, 0.1) is 6.07 Å². The van der Waals surface area contributed by atoms with Gasteiger partial charge in [0.2, 0.25) is 0 Å². The fourth-order valence-electron chi connectivity index (χ4n) is 2.42. The number of pyridine rings is 1. The largest absolute Gasteiger partial charge is 0.304 e. The van der Waals surface area contributed by atoms with Crippen molar-refractivity contribution in [3.8, 4) is 6.07 Å². The summed E-state index contributed by atoms with van der Waals surface area (Å²) in [6.45, 7) is 5.16. The molecule has 0 amide bonds. The molecule has 2 atom stereocenters. The lowest BCUT2D eigenvalue weighted by Crippen LogP contribution is -2.51. The van der Waals surface area contributed by atoms with Crippen LogP contribution in [0.3, 0.4) is 0 Å². The molecule has 2 rings (SSSR count). The number of hydrogen-bond acceptors (Lipinski definition) is 4. The number of nitriles is 1. The van der Waals surface area contributed by atoms with E-state index in [2.05, 4.69) is 34.8 Å². The van der Waals surface area contributed by atoms with E-state index in [1.54, 1.807) is 12.4 Å². The molecule has 90 valence electrons. The normalized spacial score (nSPS) is 24.2. The summed E-state index contributed by atoms with van der Waals surface area (Å²) in [4.78, 5) is 8.58. The lowest BCUT2D eigenvalue weighted by molar-refractivity contribution is 0.0796. The summed E-state index contributed by atoms with van der Waals surface area (Å²) < 4.78 is 0. The fourth-order valence-corrected chi connectivity index (χ4v) is 2.42. The first-order valence-electron chi connectivity index (χ1n) is 5.96. The van der Waals surface area contributed by atoms with Crippen LogP contribution >= 0.6 is 0 Å². The molecule has 0 bridgehead atoms. The Bertz CT molecular complexity index is 398.